The Labute approximate surface area is 218 Å². The molecule has 2 aliphatic rings. The van der Waals surface area contributed by atoms with Crippen LogP contribution in [-0.4, -0.2) is 37.6 Å². The van der Waals surface area contributed by atoms with Crippen LogP contribution in [0.15, 0.2) is 72.8 Å². The summed E-state index contributed by atoms with van der Waals surface area (Å²) < 4.78 is 27.7. The number of fused-ring (bicyclic) bond motifs is 1. The van der Waals surface area contributed by atoms with Crippen LogP contribution in [0.25, 0.3) is 11.3 Å². The maximum atomic E-state index is 13.2. The van der Waals surface area contributed by atoms with Crippen LogP contribution in [0.4, 0.5) is 17.1 Å². The number of nitrogens with zero attached hydrogens (tertiary/aromatic N) is 1. The standard InChI is InChI=1S/C29H32N4O3S/c1-3-33(4-2)19-20-10-12-22(13-11-20)30-28(21-8-6-5-7-9-21)27-25-18-23(14-17-26(25)31-29(27)34)32-37(35,36)24-15-16-24/h5-14,17-18,24,30,32H,3-4,15-16,19H2,1-2H3,(H,31,34)/b28-27+. The molecular formula is C29H32N4O3S. The molecule has 5 rings (SSSR count). The molecule has 192 valence electrons. The molecule has 1 heterocycles. The molecule has 1 amide bonds. The molecule has 1 fully saturated rings. The summed E-state index contributed by atoms with van der Waals surface area (Å²) >= 11 is 0. The van der Waals surface area contributed by atoms with E-state index in [4.69, 9.17) is 0 Å². The van der Waals surface area contributed by atoms with Gasteiger partial charge in [0.15, 0.2) is 0 Å². The van der Waals surface area contributed by atoms with Gasteiger partial charge in [-0.15, -0.1) is 0 Å². The first-order chi connectivity index (χ1) is 17.9. The first-order valence-electron chi connectivity index (χ1n) is 12.7. The fourth-order valence-corrected chi connectivity index (χ4v) is 5.91. The third-order valence-corrected chi connectivity index (χ3v) is 8.69. The minimum atomic E-state index is -3.42. The maximum absolute atomic E-state index is 13.2. The zero-order chi connectivity index (χ0) is 26.0. The lowest BCUT2D eigenvalue weighted by atomic mass is 9.99. The van der Waals surface area contributed by atoms with Gasteiger partial charge in [-0.3, -0.25) is 14.4 Å². The van der Waals surface area contributed by atoms with Crippen molar-refractivity contribution in [3.05, 3.63) is 89.5 Å². The zero-order valence-electron chi connectivity index (χ0n) is 21.1. The molecule has 0 radical (unpaired) electrons. The third kappa shape index (κ3) is 5.55. The van der Waals surface area contributed by atoms with Gasteiger partial charge in [0.05, 0.1) is 16.5 Å². The molecule has 8 heteroatoms. The molecule has 3 N–H and O–H groups in total. The van der Waals surface area contributed by atoms with Crippen molar-refractivity contribution in [1.29, 1.82) is 0 Å². The Balaban J connectivity index is 1.52. The van der Waals surface area contributed by atoms with Crippen LogP contribution in [0.3, 0.4) is 0 Å². The Bertz CT molecular complexity index is 1430. The van der Waals surface area contributed by atoms with Crippen molar-refractivity contribution >= 4 is 44.3 Å². The van der Waals surface area contributed by atoms with Crippen LogP contribution in [0, 0.1) is 0 Å². The number of nitrogens with one attached hydrogen (secondary N) is 3. The number of anilines is 3. The highest BCUT2D eigenvalue weighted by Gasteiger charge is 2.36. The summed E-state index contributed by atoms with van der Waals surface area (Å²) in [5.41, 5.74) is 5.84. The van der Waals surface area contributed by atoms with E-state index in [0.717, 1.165) is 30.9 Å². The number of sulfonamides is 1. The molecule has 1 saturated carbocycles. The second-order valence-corrected chi connectivity index (χ2v) is 11.4. The summed E-state index contributed by atoms with van der Waals surface area (Å²) in [5, 5.41) is 6.08. The molecule has 0 saturated heterocycles. The van der Waals surface area contributed by atoms with Gasteiger partial charge >= 0.3 is 0 Å². The Kier molecular flexibility index (Phi) is 7.04. The summed E-state index contributed by atoms with van der Waals surface area (Å²) in [5.74, 6) is -0.235. The summed E-state index contributed by atoms with van der Waals surface area (Å²) in [7, 11) is -3.42. The number of rotatable bonds is 10. The van der Waals surface area contributed by atoms with E-state index in [0.29, 0.717) is 41.1 Å². The first-order valence-corrected chi connectivity index (χ1v) is 14.3. The normalized spacial score (nSPS) is 16.4. The van der Waals surface area contributed by atoms with Gasteiger partial charge in [-0.1, -0.05) is 56.3 Å². The number of hydrogen-bond donors (Lipinski definition) is 3. The van der Waals surface area contributed by atoms with Gasteiger partial charge < -0.3 is 10.6 Å². The fraction of sp³-hybridized carbons (Fsp3) is 0.276. The van der Waals surface area contributed by atoms with E-state index in [9.17, 15) is 13.2 Å². The van der Waals surface area contributed by atoms with Gasteiger partial charge in [0.1, 0.15) is 0 Å². The monoisotopic (exact) mass is 516 g/mol. The van der Waals surface area contributed by atoms with E-state index < -0.39 is 10.0 Å². The number of hydrogen-bond acceptors (Lipinski definition) is 5. The predicted molar refractivity (Wildman–Crippen MR) is 151 cm³/mol. The summed E-state index contributed by atoms with van der Waals surface area (Å²) in [6.07, 6.45) is 1.36. The Morgan fingerprint density at radius 3 is 2.27 bits per heavy atom. The van der Waals surface area contributed by atoms with Crippen LogP contribution in [-0.2, 0) is 21.4 Å². The average molecular weight is 517 g/mol. The SMILES string of the molecule is CCN(CC)Cc1ccc(N/C(=C2/C(=O)Nc3ccc(NS(=O)(=O)C4CC4)cc32)c2ccccc2)cc1. The number of amides is 1. The van der Waals surface area contributed by atoms with Crippen molar-refractivity contribution < 1.29 is 13.2 Å². The van der Waals surface area contributed by atoms with E-state index in [-0.39, 0.29) is 11.2 Å². The minimum Gasteiger partial charge on any atom is -0.354 e. The second-order valence-electron chi connectivity index (χ2n) is 9.46. The van der Waals surface area contributed by atoms with Crippen LogP contribution < -0.4 is 15.4 Å². The molecule has 0 bridgehead atoms. The van der Waals surface area contributed by atoms with Crippen LogP contribution in [0.1, 0.15) is 43.4 Å². The molecular weight excluding hydrogens is 484 g/mol. The Morgan fingerprint density at radius 1 is 0.946 bits per heavy atom. The highest BCUT2D eigenvalue weighted by atomic mass is 32.2. The lowest BCUT2D eigenvalue weighted by Gasteiger charge is -2.19. The molecule has 0 unspecified atom stereocenters. The Hall–Kier alpha value is -3.62. The van der Waals surface area contributed by atoms with Gasteiger partial charge in [0.2, 0.25) is 10.0 Å². The van der Waals surface area contributed by atoms with Gasteiger partial charge in [-0.05, 0) is 67.4 Å². The Morgan fingerprint density at radius 2 is 1.62 bits per heavy atom. The molecule has 0 spiro atoms. The topological polar surface area (TPSA) is 90.5 Å². The fourth-order valence-electron chi connectivity index (χ4n) is 4.53. The molecule has 37 heavy (non-hydrogen) atoms. The van der Waals surface area contributed by atoms with E-state index in [1.807, 2.05) is 42.5 Å². The lowest BCUT2D eigenvalue weighted by molar-refractivity contribution is -0.110. The summed E-state index contributed by atoms with van der Waals surface area (Å²) in [4.78, 5) is 15.6. The molecule has 3 aromatic carbocycles. The predicted octanol–water partition coefficient (Wildman–Crippen LogP) is 5.37. The molecule has 7 nitrogen and oxygen atoms in total. The zero-order valence-corrected chi connectivity index (χ0v) is 21.9. The van der Waals surface area contributed by atoms with Gasteiger partial charge in [0, 0.05) is 29.2 Å². The highest BCUT2D eigenvalue weighted by Crippen LogP contribution is 2.39. The van der Waals surface area contributed by atoms with Gasteiger partial charge in [0.25, 0.3) is 5.91 Å². The molecule has 1 aliphatic carbocycles. The largest absolute Gasteiger partial charge is 0.354 e. The van der Waals surface area contributed by atoms with Crippen molar-refractivity contribution in [2.45, 2.75) is 38.5 Å². The van der Waals surface area contributed by atoms with Crippen molar-refractivity contribution in [2.24, 2.45) is 0 Å². The quantitative estimate of drug-likeness (QED) is 0.316. The van der Waals surface area contributed by atoms with E-state index in [1.165, 1.54) is 5.56 Å². The number of benzene rings is 3. The third-order valence-electron chi connectivity index (χ3n) is 6.82. The van der Waals surface area contributed by atoms with Gasteiger partial charge in [-0.2, -0.15) is 0 Å². The number of carbonyl (C=O) groups excluding carboxylic acids is 1. The first kappa shape index (κ1) is 25.0. The summed E-state index contributed by atoms with van der Waals surface area (Å²) in [6.45, 7) is 7.19. The van der Waals surface area contributed by atoms with Crippen molar-refractivity contribution in [3.63, 3.8) is 0 Å². The second kappa shape index (κ2) is 10.4. The van der Waals surface area contributed by atoms with Crippen LogP contribution >= 0.6 is 0 Å². The molecule has 3 aromatic rings. The molecule has 0 aromatic heterocycles. The maximum Gasteiger partial charge on any atom is 0.258 e. The van der Waals surface area contributed by atoms with Crippen LogP contribution in [0.2, 0.25) is 0 Å². The van der Waals surface area contributed by atoms with E-state index in [1.54, 1.807) is 18.2 Å². The minimum absolute atomic E-state index is 0.235. The average Bonchev–Trinajstić information content (AvgIpc) is 3.72. The van der Waals surface area contributed by atoms with Crippen LogP contribution in [0.5, 0.6) is 0 Å². The highest BCUT2D eigenvalue weighted by molar-refractivity contribution is 7.93. The molecule has 1 aliphatic heterocycles. The lowest BCUT2D eigenvalue weighted by Crippen LogP contribution is -2.22. The smallest absolute Gasteiger partial charge is 0.258 e. The summed E-state index contributed by atoms with van der Waals surface area (Å²) in [6, 6.07) is 23.1. The molecule has 0 atom stereocenters. The van der Waals surface area contributed by atoms with E-state index >= 15 is 0 Å². The van der Waals surface area contributed by atoms with Crippen molar-refractivity contribution in [2.75, 3.05) is 28.4 Å². The van der Waals surface area contributed by atoms with Crippen molar-refractivity contribution in [1.82, 2.24) is 4.90 Å². The number of carbonyl (C=O) groups is 1. The van der Waals surface area contributed by atoms with Crippen molar-refractivity contribution in [3.8, 4) is 0 Å². The van der Waals surface area contributed by atoms with E-state index in [2.05, 4.69) is 46.2 Å². The van der Waals surface area contributed by atoms with Gasteiger partial charge in [-0.25, -0.2) is 8.42 Å².